The zero-order valence-electron chi connectivity index (χ0n) is 12.5. The summed E-state index contributed by atoms with van der Waals surface area (Å²) in [6.45, 7) is 2.82. The van der Waals surface area contributed by atoms with E-state index in [9.17, 15) is 4.39 Å². The highest BCUT2D eigenvalue weighted by Gasteiger charge is 2.23. The third-order valence-corrected chi connectivity index (χ3v) is 3.72. The number of benzene rings is 1. The van der Waals surface area contributed by atoms with Crippen molar-refractivity contribution in [1.29, 1.82) is 0 Å². The fourth-order valence-electron chi connectivity index (χ4n) is 2.59. The van der Waals surface area contributed by atoms with Crippen LogP contribution in [0.4, 0.5) is 4.39 Å². The van der Waals surface area contributed by atoms with E-state index in [1.54, 1.807) is 6.20 Å². The van der Waals surface area contributed by atoms with Crippen LogP contribution in [0.3, 0.4) is 0 Å². The highest BCUT2D eigenvalue weighted by molar-refractivity contribution is 5.22. The fraction of sp³-hybridized carbons (Fsp3) is 0.353. The summed E-state index contributed by atoms with van der Waals surface area (Å²) in [5.41, 5.74) is 8.46. The number of rotatable bonds is 6. The molecular formula is C17H22FN3. The Hall–Kier alpha value is -1.78. The second-order valence-corrected chi connectivity index (χ2v) is 5.34. The Morgan fingerprint density at radius 3 is 2.52 bits per heavy atom. The predicted molar refractivity (Wildman–Crippen MR) is 83.1 cm³/mol. The maximum atomic E-state index is 13.1. The van der Waals surface area contributed by atoms with Crippen molar-refractivity contribution in [2.24, 2.45) is 5.73 Å². The molecule has 2 unspecified atom stereocenters. The third-order valence-electron chi connectivity index (χ3n) is 3.72. The minimum Gasteiger partial charge on any atom is -0.326 e. The van der Waals surface area contributed by atoms with Crippen LogP contribution < -0.4 is 5.73 Å². The standard InChI is InChI=1S/C17H22FN3/c1-3-16(19)17(14-6-8-15(18)9-7-14)21(2)12-13-5-4-10-20-11-13/h4-11,16-17H,3,12,19H2,1-2H3. The first-order chi connectivity index (χ1) is 10.1. The second kappa shape index (κ2) is 7.29. The van der Waals surface area contributed by atoms with Gasteiger partial charge in [0.2, 0.25) is 0 Å². The molecule has 2 rings (SSSR count). The summed E-state index contributed by atoms with van der Waals surface area (Å²) in [5.74, 6) is -0.225. The Balaban J connectivity index is 2.21. The van der Waals surface area contributed by atoms with Crippen LogP contribution in [0.2, 0.25) is 0 Å². The normalized spacial score (nSPS) is 14.1. The lowest BCUT2D eigenvalue weighted by molar-refractivity contribution is 0.201. The van der Waals surface area contributed by atoms with Crippen molar-refractivity contribution in [3.8, 4) is 0 Å². The van der Waals surface area contributed by atoms with Crippen molar-refractivity contribution in [3.05, 3.63) is 65.7 Å². The zero-order valence-corrected chi connectivity index (χ0v) is 12.5. The van der Waals surface area contributed by atoms with E-state index in [0.29, 0.717) is 0 Å². The minimum absolute atomic E-state index is 0.00265. The van der Waals surface area contributed by atoms with E-state index in [4.69, 9.17) is 5.73 Å². The van der Waals surface area contributed by atoms with Gasteiger partial charge < -0.3 is 5.73 Å². The van der Waals surface area contributed by atoms with Crippen molar-refractivity contribution in [1.82, 2.24) is 9.88 Å². The molecule has 1 aromatic heterocycles. The Morgan fingerprint density at radius 1 is 1.24 bits per heavy atom. The molecule has 0 aliphatic carbocycles. The molecule has 0 saturated heterocycles. The number of nitrogens with zero attached hydrogens (tertiary/aromatic N) is 2. The monoisotopic (exact) mass is 287 g/mol. The number of pyridine rings is 1. The van der Waals surface area contributed by atoms with E-state index in [1.807, 2.05) is 37.5 Å². The molecule has 2 N–H and O–H groups in total. The maximum absolute atomic E-state index is 13.1. The van der Waals surface area contributed by atoms with Gasteiger partial charge in [0.05, 0.1) is 0 Å². The lowest BCUT2D eigenvalue weighted by Gasteiger charge is -2.32. The topological polar surface area (TPSA) is 42.1 Å². The summed E-state index contributed by atoms with van der Waals surface area (Å²) in [7, 11) is 2.04. The van der Waals surface area contributed by atoms with Crippen LogP contribution in [0.15, 0.2) is 48.8 Å². The summed E-state index contributed by atoms with van der Waals surface area (Å²) < 4.78 is 13.1. The summed E-state index contributed by atoms with van der Waals surface area (Å²) in [5, 5.41) is 0. The lowest BCUT2D eigenvalue weighted by atomic mass is 9.96. The summed E-state index contributed by atoms with van der Waals surface area (Å²) in [6, 6.07) is 10.6. The highest BCUT2D eigenvalue weighted by atomic mass is 19.1. The van der Waals surface area contributed by atoms with Crippen LogP contribution in [0.25, 0.3) is 0 Å². The predicted octanol–water partition coefficient (Wildman–Crippen LogP) is 3.13. The van der Waals surface area contributed by atoms with Crippen LogP contribution in [0.5, 0.6) is 0 Å². The van der Waals surface area contributed by atoms with E-state index < -0.39 is 0 Å². The van der Waals surface area contributed by atoms with Crippen molar-refractivity contribution < 1.29 is 4.39 Å². The van der Waals surface area contributed by atoms with Crippen molar-refractivity contribution in [2.75, 3.05) is 7.05 Å². The molecule has 1 aromatic carbocycles. The molecule has 1 heterocycles. The van der Waals surface area contributed by atoms with Gasteiger partial charge >= 0.3 is 0 Å². The maximum Gasteiger partial charge on any atom is 0.123 e. The van der Waals surface area contributed by atoms with Gasteiger partial charge in [0.25, 0.3) is 0 Å². The molecule has 0 radical (unpaired) electrons. The minimum atomic E-state index is -0.225. The third kappa shape index (κ3) is 4.09. The number of likely N-dealkylation sites (N-methyl/N-ethyl adjacent to an activating group) is 1. The Morgan fingerprint density at radius 2 is 1.95 bits per heavy atom. The van der Waals surface area contributed by atoms with Gasteiger partial charge in [0, 0.05) is 31.0 Å². The van der Waals surface area contributed by atoms with Crippen LogP contribution in [-0.4, -0.2) is 23.0 Å². The first kappa shape index (κ1) is 15.6. The smallest absolute Gasteiger partial charge is 0.123 e. The molecule has 2 aromatic rings. The van der Waals surface area contributed by atoms with Gasteiger partial charge in [-0.3, -0.25) is 9.88 Å². The van der Waals surface area contributed by atoms with Gasteiger partial charge in [-0.15, -0.1) is 0 Å². The van der Waals surface area contributed by atoms with Gasteiger partial charge in [0.15, 0.2) is 0 Å². The average Bonchev–Trinajstić information content (AvgIpc) is 2.50. The summed E-state index contributed by atoms with van der Waals surface area (Å²) in [4.78, 5) is 6.33. The molecular weight excluding hydrogens is 265 g/mol. The molecule has 0 amide bonds. The molecule has 2 atom stereocenters. The average molecular weight is 287 g/mol. The quantitative estimate of drug-likeness (QED) is 0.887. The lowest BCUT2D eigenvalue weighted by Crippen LogP contribution is -2.38. The van der Waals surface area contributed by atoms with E-state index in [-0.39, 0.29) is 17.9 Å². The molecule has 112 valence electrons. The fourth-order valence-corrected chi connectivity index (χ4v) is 2.59. The van der Waals surface area contributed by atoms with Crippen molar-refractivity contribution in [3.63, 3.8) is 0 Å². The van der Waals surface area contributed by atoms with Gasteiger partial charge in [-0.25, -0.2) is 4.39 Å². The van der Waals surface area contributed by atoms with Crippen molar-refractivity contribution in [2.45, 2.75) is 32.0 Å². The van der Waals surface area contributed by atoms with Gasteiger partial charge in [-0.2, -0.15) is 0 Å². The summed E-state index contributed by atoms with van der Waals surface area (Å²) >= 11 is 0. The van der Waals surface area contributed by atoms with Crippen LogP contribution >= 0.6 is 0 Å². The molecule has 0 fully saturated rings. The first-order valence-electron chi connectivity index (χ1n) is 7.22. The van der Waals surface area contributed by atoms with E-state index in [0.717, 1.165) is 24.1 Å². The van der Waals surface area contributed by atoms with Gasteiger partial charge in [-0.05, 0) is 42.8 Å². The molecule has 0 saturated carbocycles. The molecule has 0 bridgehead atoms. The van der Waals surface area contributed by atoms with Crippen LogP contribution in [-0.2, 0) is 6.54 Å². The summed E-state index contributed by atoms with van der Waals surface area (Å²) in [6.07, 6.45) is 4.48. The largest absolute Gasteiger partial charge is 0.326 e. The van der Waals surface area contributed by atoms with Gasteiger partial charge in [-0.1, -0.05) is 25.1 Å². The van der Waals surface area contributed by atoms with Gasteiger partial charge in [0.1, 0.15) is 5.82 Å². The molecule has 0 spiro atoms. The molecule has 0 aliphatic rings. The number of hydrogen-bond donors (Lipinski definition) is 1. The number of halogens is 1. The number of nitrogens with two attached hydrogens (primary N) is 1. The molecule has 0 aliphatic heterocycles. The highest BCUT2D eigenvalue weighted by Crippen LogP contribution is 2.25. The van der Waals surface area contributed by atoms with Crippen molar-refractivity contribution >= 4 is 0 Å². The van der Waals surface area contributed by atoms with E-state index >= 15 is 0 Å². The molecule has 4 heteroatoms. The molecule has 21 heavy (non-hydrogen) atoms. The Kier molecular flexibility index (Phi) is 5.42. The van der Waals surface area contributed by atoms with Crippen LogP contribution in [0, 0.1) is 5.82 Å². The molecule has 3 nitrogen and oxygen atoms in total. The Bertz CT molecular complexity index is 542. The Labute approximate surface area is 125 Å². The number of aromatic nitrogens is 1. The SMILES string of the molecule is CCC(N)C(c1ccc(F)cc1)N(C)Cc1cccnc1. The second-order valence-electron chi connectivity index (χ2n) is 5.34. The van der Waals surface area contributed by atoms with Crippen LogP contribution in [0.1, 0.15) is 30.5 Å². The first-order valence-corrected chi connectivity index (χ1v) is 7.22. The van der Waals surface area contributed by atoms with E-state index in [2.05, 4.69) is 16.8 Å². The number of hydrogen-bond acceptors (Lipinski definition) is 3. The van der Waals surface area contributed by atoms with E-state index in [1.165, 1.54) is 12.1 Å². The zero-order chi connectivity index (χ0) is 15.2.